The lowest BCUT2D eigenvalue weighted by molar-refractivity contribution is -0.137. The van der Waals surface area contributed by atoms with E-state index in [4.69, 9.17) is 9.63 Å². The summed E-state index contributed by atoms with van der Waals surface area (Å²) < 4.78 is 5.00. The van der Waals surface area contributed by atoms with Crippen LogP contribution in [0.1, 0.15) is 37.9 Å². The minimum atomic E-state index is -0.773. The molecule has 0 aliphatic rings. The smallest absolute Gasteiger partial charge is 0.303 e. The maximum Gasteiger partial charge on any atom is 0.303 e. The molecule has 0 aliphatic carbocycles. The number of hydrogen-bond donors (Lipinski definition) is 2. The second-order valence-corrected chi connectivity index (χ2v) is 3.53. The molecule has 0 radical (unpaired) electrons. The molecular formula is C10H17N3O3. The Labute approximate surface area is 94.0 Å². The molecule has 0 aliphatic heterocycles. The summed E-state index contributed by atoms with van der Waals surface area (Å²) in [5, 5.41) is 15.3. The molecule has 0 bridgehead atoms. The number of carboxylic acids is 1. The number of nitrogens with one attached hydrogen (secondary N) is 1. The fraction of sp³-hybridized carbons (Fsp3) is 0.700. The molecule has 1 rings (SSSR count). The summed E-state index contributed by atoms with van der Waals surface area (Å²) in [7, 11) is 0. The van der Waals surface area contributed by atoms with Gasteiger partial charge in [-0.2, -0.15) is 4.98 Å². The molecule has 0 saturated heterocycles. The van der Waals surface area contributed by atoms with Gasteiger partial charge in [0.1, 0.15) is 0 Å². The monoisotopic (exact) mass is 227 g/mol. The summed E-state index contributed by atoms with van der Waals surface area (Å²) in [5.41, 5.74) is 0. The van der Waals surface area contributed by atoms with E-state index >= 15 is 0 Å². The van der Waals surface area contributed by atoms with Crippen molar-refractivity contribution in [2.75, 3.05) is 6.54 Å². The molecule has 6 heteroatoms. The molecule has 2 N–H and O–H groups in total. The maximum absolute atomic E-state index is 10.2. The molecule has 16 heavy (non-hydrogen) atoms. The molecule has 0 aromatic carbocycles. The van der Waals surface area contributed by atoms with Gasteiger partial charge in [0.25, 0.3) is 0 Å². The van der Waals surface area contributed by atoms with E-state index in [1.54, 1.807) is 0 Å². The Morgan fingerprint density at radius 1 is 1.56 bits per heavy atom. The van der Waals surface area contributed by atoms with Crippen molar-refractivity contribution in [2.24, 2.45) is 0 Å². The van der Waals surface area contributed by atoms with Crippen molar-refractivity contribution < 1.29 is 14.4 Å². The van der Waals surface area contributed by atoms with Crippen LogP contribution in [0.2, 0.25) is 0 Å². The highest BCUT2D eigenvalue weighted by molar-refractivity contribution is 5.66. The highest BCUT2D eigenvalue weighted by Crippen LogP contribution is 1.99. The van der Waals surface area contributed by atoms with Gasteiger partial charge in [0.15, 0.2) is 5.82 Å². The highest BCUT2D eigenvalue weighted by atomic mass is 16.5. The average molecular weight is 227 g/mol. The Balaban J connectivity index is 2.14. The molecule has 1 aromatic rings. The number of nitrogens with zero attached hydrogens (tertiary/aromatic N) is 2. The third-order valence-electron chi connectivity index (χ3n) is 2.00. The molecule has 1 aromatic heterocycles. The summed E-state index contributed by atoms with van der Waals surface area (Å²) in [4.78, 5) is 14.4. The van der Waals surface area contributed by atoms with Crippen molar-refractivity contribution in [1.29, 1.82) is 0 Å². The first-order chi connectivity index (χ1) is 7.72. The van der Waals surface area contributed by atoms with Gasteiger partial charge in [-0.1, -0.05) is 12.1 Å². The molecule has 90 valence electrons. The summed E-state index contributed by atoms with van der Waals surface area (Å²) in [5.74, 6) is 0.508. The number of carbonyl (C=O) groups is 1. The zero-order valence-electron chi connectivity index (χ0n) is 9.40. The predicted octanol–water partition coefficient (Wildman–Crippen LogP) is 0.976. The van der Waals surface area contributed by atoms with Crippen LogP contribution in [0.3, 0.4) is 0 Å². The van der Waals surface area contributed by atoms with Crippen molar-refractivity contribution in [3.8, 4) is 0 Å². The van der Waals surface area contributed by atoms with E-state index in [-0.39, 0.29) is 6.42 Å². The van der Waals surface area contributed by atoms with Crippen LogP contribution in [0.4, 0.5) is 0 Å². The lowest BCUT2D eigenvalue weighted by atomic mass is 10.3. The van der Waals surface area contributed by atoms with Gasteiger partial charge in [-0.05, 0) is 19.4 Å². The Morgan fingerprint density at radius 2 is 2.38 bits per heavy atom. The molecule has 0 amide bonds. The molecule has 0 atom stereocenters. The van der Waals surface area contributed by atoms with Crippen LogP contribution in [0, 0.1) is 0 Å². The average Bonchev–Trinajstić information content (AvgIpc) is 2.65. The highest BCUT2D eigenvalue weighted by Gasteiger charge is 2.04. The number of aromatic nitrogens is 2. The molecule has 0 fully saturated rings. The van der Waals surface area contributed by atoms with Crippen LogP contribution in [0.15, 0.2) is 4.52 Å². The van der Waals surface area contributed by atoms with Crippen LogP contribution < -0.4 is 5.32 Å². The number of aliphatic carboxylic acids is 1. The first-order valence-corrected chi connectivity index (χ1v) is 5.46. The van der Waals surface area contributed by atoms with Gasteiger partial charge >= 0.3 is 5.97 Å². The lowest BCUT2D eigenvalue weighted by Gasteiger charge is -1.98. The summed E-state index contributed by atoms with van der Waals surface area (Å²) in [6.45, 7) is 3.19. The van der Waals surface area contributed by atoms with Gasteiger partial charge in [0.05, 0.1) is 6.54 Å². The number of carboxylic acid groups (broad SMARTS) is 1. The van der Waals surface area contributed by atoms with Crippen molar-refractivity contribution >= 4 is 5.97 Å². The normalized spacial score (nSPS) is 10.6. The van der Waals surface area contributed by atoms with Crippen LogP contribution in [-0.2, 0) is 17.8 Å². The number of rotatable bonds is 8. The maximum atomic E-state index is 10.2. The second-order valence-electron chi connectivity index (χ2n) is 3.53. The van der Waals surface area contributed by atoms with Gasteiger partial charge in [-0.3, -0.25) is 4.79 Å². The second kappa shape index (κ2) is 6.95. The third-order valence-corrected chi connectivity index (χ3v) is 2.00. The first-order valence-electron chi connectivity index (χ1n) is 5.46. The Kier molecular flexibility index (Phi) is 5.49. The third kappa shape index (κ3) is 4.88. The molecule has 6 nitrogen and oxygen atoms in total. The standard InChI is InChI=1S/C10H17N3O3/c1-2-4-8-12-9(16-13-8)7-11-6-3-5-10(14)15/h11H,2-7H2,1H3,(H,14,15). The van der Waals surface area contributed by atoms with Crippen LogP contribution in [-0.4, -0.2) is 27.8 Å². The van der Waals surface area contributed by atoms with Crippen molar-refractivity contribution in [2.45, 2.75) is 39.2 Å². The van der Waals surface area contributed by atoms with Crippen LogP contribution in [0.5, 0.6) is 0 Å². The first kappa shape index (κ1) is 12.6. The molecule has 0 saturated carbocycles. The minimum Gasteiger partial charge on any atom is -0.481 e. The fourth-order valence-corrected chi connectivity index (χ4v) is 1.25. The van der Waals surface area contributed by atoms with E-state index in [2.05, 4.69) is 22.4 Å². The predicted molar refractivity (Wildman–Crippen MR) is 56.9 cm³/mol. The Morgan fingerprint density at radius 3 is 3.06 bits per heavy atom. The lowest BCUT2D eigenvalue weighted by Crippen LogP contribution is -2.16. The quantitative estimate of drug-likeness (QED) is 0.643. The largest absolute Gasteiger partial charge is 0.481 e. The Bertz CT molecular complexity index is 325. The molecule has 1 heterocycles. The minimum absolute atomic E-state index is 0.178. The van der Waals surface area contributed by atoms with E-state index in [9.17, 15) is 4.79 Å². The van der Waals surface area contributed by atoms with Crippen molar-refractivity contribution in [3.05, 3.63) is 11.7 Å². The topological polar surface area (TPSA) is 88.2 Å². The molecular weight excluding hydrogens is 210 g/mol. The van der Waals surface area contributed by atoms with Crippen LogP contribution in [0.25, 0.3) is 0 Å². The molecule has 0 unspecified atom stereocenters. The number of aryl methyl sites for hydroxylation is 1. The summed E-state index contributed by atoms with van der Waals surface area (Å²) >= 11 is 0. The van der Waals surface area contributed by atoms with Gasteiger partial charge in [0, 0.05) is 12.8 Å². The van der Waals surface area contributed by atoms with Gasteiger partial charge in [0.2, 0.25) is 5.89 Å². The molecule has 0 spiro atoms. The summed E-state index contributed by atoms with van der Waals surface area (Å²) in [6.07, 6.45) is 2.59. The van der Waals surface area contributed by atoms with Crippen molar-refractivity contribution in [3.63, 3.8) is 0 Å². The Hall–Kier alpha value is -1.43. The SMILES string of the molecule is CCCc1noc(CNCCCC(=O)O)n1. The number of hydrogen-bond acceptors (Lipinski definition) is 5. The van der Waals surface area contributed by atoms with E-state index in [1.165, 1.54) is 0 Å². The van der Waals surface area contributed by atoms with E-state index in [1.807, 2.05) is 0 Å². The zero-order valence-corrected chi connectivity index (χ0v) is 9.40. The van der Waals surface area contributed by atoms with Gasteiger partial charge < -0.3 is 14.9 Å². The van der Waals surface area contributed by atoms with Gasteiger partial charge in [-0.25, -0.2) is 0 Å². The van der Waals surface area contributed by atoms with E-state index in [0.29, 0.717) is 25.4 Å². The zero-order chi connectivity index (χ0) is 11.8. The van der Waals surface area contributed by atoms with E-state index < -0.39 is 5.97 Å². The van der Waals surface area contributed by atoms with Crippen LogP contribution >= 0.6 is 0 Å². The van der Waals surface area contributed by atoms with Crippen molar-refractivity contribution in [1.82, 2.24) is 15.5 Å². The van der Waals surface area contributed by atoms with Gasteiger partial charge in [-0.15, -0.1) is 0 Å². The fourth-order valence-electron chi connectivity index (χ4n) is 1.25. The summed E-state index contributed by atoms with van der Waals surface area (Å²) in [6, 6.07) is 0. The van der Waals surface area contributed by atoms with E-state index in [0.717, 1.165) is 18.7 Å².